The van der Waals surface area contributed by atoms with Crippen LogP contribution in [0.25, 0.3) is 11.1 Å². The van der Waals surface area contributed by atoms with Crippen LogP contribution in [0.5, 0.6) is 0 Å². The third-order valence-electron chi connectivity index (χ3n) is 3.75. The van der Waals surface area contributed by atoms with Gasteiger partial charge in [0.2, 0.25) is 5.91 Å². The molecule has 0 radical (unpaired) electrons. The lowest BCUT2D eigenvalue weighted by molar-refractivity contribution is -0.121. The van der Waals surface area contributed by atoms with Crippen molar-refractivity contribution in [3.8, 4) is 11.1 Å². The summed E-state index contributed by atoms with van der Waals surface area (Å²) < 4.78 is 0. The van der Waals surface area contributed by atoms with Crippen LogP contribution in [-0.2, 0) is 11.2 Å². The molecule has 20 heavy (non-hydrogen) atoms. The van der Waals surface area contributed by atoms with E-state index in [1.165, 1.54) is 11.1 Å². The molecule has 1 aromatic carbocycles. The smallest absolute Gasteiger partial charge is 0.229 e. The van der Waals surface area contributed by atoms with Crippen molar-refractivity contribution in [1.82, 2.24) is 4.98 Å². The minimum absolute atomic E-state index is 0.0424. The van der Waals surface area contributed by atoms with Crippen molar-refractivity contribution in [1.29, 1.82) is 0 Å². The Morgan fingerprint density at radius 3 is 2.60 bits per heavy atom. The van der Waals surface area contributed by atoms with E-state index in [9.17, 15) is 4.79 Å². The van der Waals surface area contributed by atoms with E-state index in [4.69, 9.17) is 0 Å². The summed E-state index contributed by atoms with van der Waals surface area (Å²) >= 11 is 0. The Morgan fingerprint density at radius 1 is 1.15 bits per heavy atom. The molecule has 2 heterocycles. The third-order valence-corrected chi connectivity index (χ3v) is 3.75. The fourth-order valence-corrected chi connectivity index (χ4v) is 2.67. The summed E-state index contributed by atoms with van der Waals surface area (Å²) in [5, 5.41) is 0. The van der Waals surface area contributed by atoms with Crippen LogP contribution in [0.2, 0.25) is 0 Å². The van der Waals surface area contributed by atoms with Crippen molar-refractivity contribution in [3.05, 3.63) is 48.3 Å². The summed E-state index contributed by atoms with van der Waals surface area (Å²) in [4.78, 5) is 18.1. The first kappa shape index (κ1) is 12.9. The highest BCUT2D eigenvalue weighted by Crippen LogP contribution is 2.32. The van der Waals surface area contributed by atoms with Crippen LogP contribution < -0.4 is 4.90 Å². The number of aromatic nitrogens is 1. The van der Waals surface area contributed by atoms with E-state index < -0.39 is 0 Å². The molecule has 3 rings (SSSR count). The molecule has 0 bridgehead atoms. The van der Waals surface area contributed by atoms with E-state index in [1.54, 1.807) is 12.4 Å². The normalized spacial score (nSPS) is 13.7. The average Bonchev–Trinajstić information content (AvgIpc) is 2.90. The summed E-state index contributed by atoms with van der Waals surface area (Å²) in [6.07, 6.45) is 4.54. The summed E-state index contributed by atoms with van der Waals surface area (Å²) in [5.41, 5.74) is 4.68. The summed E-state index contributed by atoms with van der Waals surface area (Å²) in [7, 11) is 0. The molecule has 0 fully saturated rings. The van der Waals surface area contributed by atoms with Crippen LogP contribution in [0.3, 0.4) is 0 Å². The van der Waals surface area contributed by atoms with E-state index in [1.807, 2.05) is 30.9 Å². The summed E-state index contributed by atoms with van der Waals surface area (Å²) in [6.45, 7) is 4.70. The molecule has 102 valence electrons. The van der Waals surface area contributed by atoms with Gasteiger partial charge < -0.3 is 4.90 Å². The number of fused-ring (bicyclic) bond motifs is 1. The van der Waals surface area contributed by atoms with Gasteiger partial charge in [-0.25, -0.2) is 0 Å². The van der Waals surface area contributed by atoms with Gasteiger partial charge in [0, 0.05) is 30.5 Å². The monoisotopic (exact) mass is 266 g/mol. The molecule has 1 aromatic heterocycles. The fourth-order valence-electron chi connectivity index (χ4n) is 2.67. The number of benzene rings is 1. The lowest BCUT2D eigenvalue weighted by Crippen LogP contribution is -2.32. The second-order valence-electron chi connectivity index (χ2n) is 5.47. The van der Waals surface area contributed by atoms with Gasteiger partial charge in [0.05, 0.1) is 0 Å². The molecule has 0 spiro atoms. The van der Waals surface area contributed by atoms with Crippen LogP contribution in [-0.4, -0.2) is 17.4 Å². The van der Waals surface area contributed by atoms with Gasteiger partial charge in [-0.05, 0) is 47.4 Å². The van der Waals surface area contributed by atoms with Gasteiger partial charge in [-0.1, -0.05) is 19.9 Å². The Balaban J connectivity index is 1.95. The zero-order chi connectivity index (χ0) is 14.1. The van der Waals surface area contributed by atoms with Crippen molar-refractivity contribution in [2.75, 3.05) is 11.4 Å². The van der Waals surface area contributed by atoms with Crippen molar-refractivity contribution in [2.24, 2.45) is 5.92 Å². The van der Waals surface area contributed by atoms with Gasteiger partial charge in [-0.2, -0.15) is 0 Å². The zero-order valence-corrected chi connectivity index (χ0v) is 11.8. The quantitative estimate of drug-likeness (QED) is 0.835. The third kappa shape index (κ3) is 2.20. The molecule has 3 nitrogen and oxygen atoms in total. The minimum atomic E-state index is 0.0424. The maximum absolute atomic E-state index is 12.2. The number of carbonyl (C=O) groups excluding carboxylic acids is 1. The Bertz CT molecular complexity index is 635. The predicted molar refractivity (Wildman–Crippen MR) is 80.6 cm³/mol. The van der Waals surface area contributed by atoms with Gasteiger partial charge in [0.25, 0.3) is 0 Å². The zero-order valence-electron chi connectivity index (χ0n) is 11.8. The van der Waals surface area contributed by atoms with E-state index in [2.05, 4.69) is 23.2 Å². The first-order valence-corrected chi connectivity index (χ1v) is 7.01. The van der Waals surface area contributed by atoms with Gasteiger partial charge in [0.15, 0.2) is 0 Å². The Hall–Kier alpha value is -2.16. The molecule has 1 amide bonds. The summed E-state index contributed by atoms with van der Waals surface area (Å²) in [5.74, 6) is 0.251. The SMILES string of the molecule is CC(C)C(=O)N1CCc2cc(-c3ccncc3)ccc21. The molecule has 2 aromatic rings. The Kier molecular flexibility index (Phi) is 3.26. The maximum Gasteiger partial charge on any atom is 0.229 e. The lowest BCUT2D eigenvalue weighted by Gasteiger charge is -2.19. The van der Waals surface area contributed by atoms with E-state index >= 15 is 0 Å². The van der Waals surface area contributed by atoms with Crippen molar-refractivity contribution < 1.29 is 4.79 Å². The van der Waals surface area contributed by atoms with Gasteiger partial charge in [-0.15, -0.1) is 0 Å². The molecular formula is C17H18N2O. The number of rotatable bonds is 2. The topological polar surface area (TPSA) is 33.2 Å². The largest absolute Gasteiger partial charge is 0.312 e. The highest BCUT2D eigenvalue weighted by molar-refractivity contribution is 5.97. The van der Waals surface area contributed by atoms with Crippen LogP contribution >= 0.6 is 0 Å². The number of amides is 1. The Morgan fingerprint density at radius 2 is 1.90 bits per heavy atom. The van der Waals surface area contributed by atoms with E-state index in [-0.39, 0.29) is 11.8 Å². The van der Waals surface area contributed by atoms with Crippen molar-refractivity contribution in [3.63, 3.8) is 0 Å². The average molecular weight is 266 g/mol. The van der Waals surface area contributed by atoms with E-state index in [0.29, 0.717) is 0 Å². The van der Waals surface area contributed by atoms with Gasteiger partial charge in [-0.3, -0.25) is 9.78 Å². The number of anilines is 1. The van der Waals surface area contributed by atoms with Gasteiger partial charge in [0.1, 0.15) is 0 Å². The lowest BCUT2D eigenvalue weighted by atomic mass is 10.0. The predicted octanol–water partition coefficient (Wildman–Crippen LogP) is 3.29. The van der Waals surface area contributed by atoms with Crippen molar-refractivity contribution in [2.45, 2.75) is 20.3 Å². The second kappa shape index (κ2) is 5.08. The summed E-state index contributed by atoms with van der Waals surface area (Å²) in [6, 6.07) is 10.4. The first-order chi connectivity index (χ1) is 9.66. The molecule has 1 aliphatic rings. The molecule has 0 aliphatic carbocycles. The van der Waals surface area contributed by atoms with Crippen LogP contribution in [0.1, 0.15) is 19.4 Å². The molecule has 1 aliphatic heterocycles. The van der Waals surface area contributed by atoms with Crippen molar-refractivity contribution >= 4 is 11.6 Å². The number of hydrogen-bond donors (Lipinski definition) is 0. The number of hydrogen-bond acceptors (Lipinski definition) is 2. The van der Waals surface area contributed by atoms with Crippen LogP contribution in [0.4, 0.5) is 5.69 Å². The molecule has 0 saturated heterocycles. The van der Waals surface area contributed by atoms with Crippen LogP contribution in [0.15, 0.2) is 42.7 Å². The van der Waals surface area contributed by atoms with Gasteiger partial charge >= 0.3 is 0 Å². The maximum atomic E-state index is 12.2. The van der Waals surface area contributed by atoms with Crippen LogP contribution in [0, 0.1) is 5.92 Å². The minimum Gasteiger partial charge on any atom is -0.312 e. The van der Waals surface area contributed by atoms with E-state index in [0.717, 1.165) is 24.2 Å². The number of pyridine rings is 1. The molecule has 0 unspecified atom stereocenters. The molecular weight excluding hydrogens is 248 g/mol. The fraction of sp³-hybridized carbons (Fsp3) is 0.294. The highest BCUT2D eigenvalue weighted by atomic mass is 16.2. The molecule has 0 saturated carbocycles. The Labute approximate surface area is 119 Å². The number of carbonyl (C=O) groups is 1. The highest BCUT2D eigenvalue weighted by Gasteiger charge is 2.26. The molecule has 3 heteroatoms. The standard InChI is InChI=1S/C17H18N2O/c1-12(2)17(20)19-10-7-15-11-14(3-4-16(15)19)13-5-8-18-9-6-13/h3-6,8-9,11-12H,7,10H2,1-2H3. The second-order valence-corrected chi connectivity index (χ2v) is 5.47. The number of nitrogens with zero attached hydrogens (tertiary/aromatic N) is 2. The molecule has 0 atom stereocenters. The first-order valence-electron chi connectivity index (χ1n) is 7.01. The molecule has 0 N–H and O–H groups in total.